The van der Waals surface area contributed by atoms with Gasteiger partial charge in [0.05, 0.1) is 12.6 Å². The summed E-state index contributed by atoms with van der Waals surface area (Å²) in [7, 11) is 1.97. The highest BCUT2D eigenvalue weighted by Gasteiger charge is 2.23. The van der Waals surface area contributed by atoms with Gasteiger partial charge in [0.1, 0.15) is 5.82 Å². The molecule has 0 radical (unpaired) electrons. The van der Waals surface area contributed by atoms with Gasteiger partial charge in [0, 0.05) is 17.5 Å². The van der Waals surface area contributed by atoms with Gasteiger partial charge in [-0.25, -0.2) is 4.39 Å². The molecule has 1 aliphatic rings. The zero-order valence-corrected chi connectivity index (χ0v) is 15.2. The second-order valence-electron chi connectivity index (χ2n) is 6.43. The number of amides is 1. The molecule has 1 aromatic carbocycles. The molecule has 134 valence electrons. The first kappa shape index (κ1) is 18.0. The van der Waals surface area contributed by atoms with E-state index in [2.05, 4.69) is 15.5 Å². The summed E-state index contributed by atoms with van der Waals surface area (Å²) in [6.07, 6.45) is 2.26. The molecule has 1 aromatic heterocycles. The molecule has 4 nitrogen and oxygen atoms in total. The molecule has 6 heteroatoms. The molecule has 2 aromatic rings. The van der Waals surface area contributed by atoms with Crippen molar-refractivity contribution in [2.75, 3.05) is 26.7 Å². The van der Waals surface area contributed by atoms with Crippen molar-refractivity contribution in [3.05, 3.63) is 58.0 Å². The molecule has 1 fully saturated rings. The van der Waals surface area contributed by atoms with Gasteiger partial charge in [0.2, 0.25) is 5.91 Å². The number of hydrogen-bond acceptors (Lipinski definition) is 4. The number of hydrogen-bond donors (Lipinski definition) is 2. The van der Waals surface area contributed by atoms with Gasteiger partial charge >= 0.3 is 0 Å². The van der Waals surface area contributed by atoms with Crippen molar-refractivity contribution in [3.63, 3.8) is 0 Å². The molecular formula is C19H24FN3OS. The number of halogens is 1. The minimum absolute atomic E-state index is 0.000483. The lowest BCUT2D eigenvalue weighted by molar-refractivity contribution is -0.123. The molecule has 2 heterocycles. The maximum absolute atomic E-state index is 13.2. The van der Waals surface area contributed by atoms with Crippen molar-refractivity contribution in [1.29, 1.82) is 0 Å². The van der Waals surface area contributed by atoms with Crippen LogP contribution in [-0.4, -0.2) is 43.5 Å². The lowest BCUT2D eigenvalue weighted by atomic mass is 10.0. The lowest BCUT2D eigenvalue weighted by Crippen LogP contribution is -2.48. The Morgan fingerprint density at radius 2 is 2.16 bits per heavy atom. The van der Waals surface area contributed by atoms with Crippen molar-refractivity contribution in [2.24, 2.45) is 0 Å². The van der Waals surface area contributed by atoms with Gasteiger partial charge in [-0.05, 0) is 55.6 Å². The summed E-state index contributed by atoms with van der Waals surface area (Å²) >= 11 is 1.59. The fourth-order valence-electron chi connectivity index (χ4n) is 3.27. The van der Waals surface area contributed by atoms with Crippen LogP contribution in [0.25, 0.3) is 0 Å². The number of rotatable bonds is 6. The topological polar surface area (TPSA) is 44.4 Å². The van der Waals surface area contributed by atoms with Crippen molar-refractivity contribution in [1.82, 2.24) is 15.5 Å². The Labute approximate surface area is 152 Å². The molecule has 2 atom stereocenters. The summed E-state index contributed by atoms with van der Waals surface area (Å²) in [6, 6.07) is 10.5. The number of carbonyl (C=O) groups excluding carboxylic acids is 1. The molecule has 0 aliphatic carbocycles. The Morgan fingerprint density at radius 3 is 2.84 bits per heavy atom. The summed E-state index contributed by atoms with van der Waals surface area (Å²) in [4.78, 5) is 15.8. The normalized spacial score (nSPS) is 19.5. The second-order valence-corrected chi connectivity index (χ2v) is 7.41. The minimum Gasteiger partial charge on any atom is -0.343 e. The zero-order chi connectivity index (χ0) is 17.6. The average molecular weight is 361 g/mol. The maximum atomic E-state index is 13.2. The van der Waals surface area contributed by atoms with Crippen molar-refractivity contribution in [3.8, 4) is 0 Å². The molecule has 1 amide bonds. The zero-order valence-electron chi connectivity index (χ0n) is 14.4. The van der Waals surface area contributed by atoms with Crippen molar-refractivity contribution < 1.29 is 9.18 Å². The Bertz CT molecular complexity index is 674. The van der Waals surface area contributed by atoms with Gasteiger partial charge in [0.25, 0.3) is 0 Å². The van der Waals surface area contributed by atoms with E-state index in [0.717, 1.165) is 36.4 Å². The van der Waals surface area contributed by atoms with Crippen LogP contribution in [0.15, 0.2) is 41.8 Å². The molecule has 1 saturated heterocycles. The number of likely N-dealkylation sites (tertiary alicyclic amines) is 1. The van der Waals surface area contributed by atoms with Crippen LogP contribution < -0.4 is 10.6 Å². The second kappa shape index (κ2) is 8.56. The van der Waals surface area contributed by atoms with Crippen LogP contribution >= 0.6 is 11.3 Å². The third kappa shape index (κ3) is 4.87. The Kier molecular flexibility index (Phi) is 6.18. The SMILES string of the molecule is CNC1CCCN(CC(=O)NC(c2ccc(F)cc2)c2cccs2)C1. The minimum atomic E-state index is -0.272. The van der Waals surface area contributed by atoms with E-state index in [0.29, 0.717) is 12.6 Å². The van der Waals surface area contributed by atoms with Gasteiger partial charge < -0.3 is 10.6 Å². The van der Waals surface area contributed by atoms with E-state index < -0.39 is 0 Å². The lowest BCUT2D eigenvalue weighted by Gasteiger charge is -2.32. The number of nitrogens with one attached hydrogen (secondary N) is 2. The van der Waals surface area contributed by atoms with Crippen LogP contribution in [0.4, 0.5) is 4.39 Å². The smallest absolute Gasteiger partial charge is 0.234 e. The van der Waals surface area contributed by atoms with Gasteiger partial charge in [-0.3, -0.25) is 9.69 Å². The largest absolute Gasteiger partial charge is 0.343 e. The fraction of sp³-hybridized carbons (Fsp3) is 0.421. The summed E-state index contributed by atoms with van der Waals surface area (Å²) < 4.78 is 13.2. The standard InChI is InChI=1S/C19H24FN3OS/c1-21-16-4-2-10-23(12-16)13-18(24)22-19(17-5-3-11-25-17)14-6-8-15(20)9-7-14/h3,5-9,11,16,19,21H,2,4,10,12-13H2,1H3,(H,22,24). The monoisotopic (exact) mass is 361 g/mol. The van der Waals surface area contributed by atoms with Gasteiger partial charge in [-0.1, -0.05) is 18.2 Å². The van der Waals surface area contributed by atoms with Crippen LogP contribution in [0.2, 0.25) is 0 Å². The first-order valence-electron chi connectivity index (χ1n) is 8.63. The highest BCUT2D eigenvalue weighted by molar-refractivity contribution is 7.10. The van der Waals surface area contributed by atoms with E-state index in [1.54, 1.807) is 23.5 Å². The molecule has 0 spiro atoms. The third-order valence-corrected chi connectivity index (χ3v) is 5.55. The van der Waals surface area contributed by atoms with Crippen LogP contribution in [0.3, 0.4) is 0 Å². The molecule has 1 aliphatic heterocycles. The van der Waals surface area contributed by atoms with Crippen molar-refractivity contribution in [2.45, 2.75) is 24.9 Å². The molecule has 0 saturated carbocycles. The van der Waals surface area contributed by atoms with Crippen LogP contribution in [0, 0.1) is 5.82 Å². The van der Waals surface area contributed by atoms with E-state index in [1.165, 1.54) is 12.1 Å². The van der Waals surface area contributed by atoms with E-state index in [9.17, 15) is 9.18 Å². The number of benzene rings is 1. The van der Waals surface area contributed by atoms with Gasteiger partial charge in [-0.15, -0.1) is 11.3 Å². The molecule has 25 heavy (non-hydrogen) atoms. The first-order chi connectivity index (χ1) is 12.2. The molecule has 2 unspecified atom stereocenters. The van der Waals surface area contributed by atoms with E-state index >= 15 is 0 Å². The quantitative estimate of drug-likeness (QED) is 0.832. The molecular weight excluding hydrogens is 337 g/mol. The Hall–Kier alpha value is -1.76. The fourth-order valence-corrected chi connectivity index (χ4v) is 4.08. The molecule has 3 rings (SSSR count). The number of nitrogens with zero attached hydrogens (tertiary/aromatic N) is 1. The third-order valence-electron chi connectivity index (χ3n) is 4.62. The molecule has 0 bridgehead atoms. The van der Waals surface area contributed by atoms with E-state index in [4.69, 9.17) is 0 Å². The molecule has 2 N–H and O–H groups in total. The van der Waals surface area contributed by atoms with Crippen LogP contribution in [0.1, 0.15) is 29.3 Å². The maximum Gasteiger partial charge on any atom is 0.234 e. The van der Waals surface area contributed by atoms with E-state index in [-0.39, 0.29) is 17.8 Å². The number of likely N-dealkylation sites (N-methyl/N-ethyl adjacent to an activating group) is 1. The number of piperidine rings is 1. The summed E-state index contributed by atoms with van der Waals surface area (Å²) in [5, 5.41) is 8.40. The Balaban J connectivity index is 1.68. The predicted molar refractivity (Wildman–Crippen MR) is 99.2 cm³/mol. The van der Waals surface area contributed by atoms with Gasteiger partial charge in [0.15, 0.2) is 0 Å². The number of thiophene rings is 1. The Morgan fingerprint density at radius 1 is 1.36 bits per heavy atom. The summed E-state index contributed by atoms with van der Waals surface area (Å²) in [5.74, 6) is -0.272. The summed E-state index contributed by atoms with van der Waals surface area (Å²) in [6.45, 7) is 2.23. The number of carbonyl (C=O) groups is 1. The van der Waals surface area contributed by atoms with E-state index in [1.807, 2.05) is 24.6 Å². The predicted octanol–water partition coefficient (Wildman–Crippen LogP) is 2.78. The summed E-state index contributed by atoms with van der Waals surface area (Å²) in [5.41, 5.74) is 0.893. The highest BCUT2D eigenvalue weighted by atomic mass is 32.1. The van der Waals surface area contributed by atoms with Gasteiger partial charge in [-0.2, -0.15) is 0 Å². The van der Waals surface area contributed by atoms with Crippen molar-refractivity contribution >= 4 is 17.2 Å². The van der Waals surface area contributed by atoms with Crippen LogP contribution in [-0.2, 0) is 4.79 Å². The van der Waals surface area contributed by atoms with Crippen LogP contribution in [0.5, 0.6) is 0 Å². The average Bonchev–Trinajstić information content (AvgIpc) is 3.15. The highest BCUT2D eigenvalue weighted by Crippen LogP contribution is 2.26. The first-order valence-corrected chi connectivity index (χ1v) is 9.51.